The molecule has 1 aliphatic carbocycles. The van der Waals surface area contributed by atoms with Gasteiger partial charge in [-0.05, 0) is 19.3 Å². The van der Waals surface area contributed by atoms with Crippen LogP contribution in [0.4, 0.5) is 0 Å². The lowest BCUT2D eigenvalue weighted by Crippen LogP contribution is -2.36. The first-order valence-corrected chi connectivity index (χ1v) is 7.14. The number of unbranched alkanes of at least 4 members (excludes halogenated alkanes) is 1. The Labute approximate surface area is 105 Å². The maximum atomic E-state index is 11.6. The molecule has 1 fully saturated rings. The maximum Gasteiger partial charge on any atom is 0.309 e. The van der Waals surface area contributed by atoms with Crippen LogP contribution in [-0.2, 0) is 9.53 Å². The summed E-state index contributed by atoms with van der Waals surface area (Å²) in [6, 6.07) is 0.620. The highest BCUT2D eigenvalue weighted by Gasteiger charge is 2.17. The van der Waals surface area contributed by atoms with Crippen LogP contribution in [-0.4, -0.2) is 25.2 Å². The summed E-state index contributed by atoms with van der Waals surface area (Å²) in [6.45, 7) is 5.38. The van der Waals surface area contributed by atoms with Gasteiger partial charge in [0.25, 0.3) is 0 Å². The molecule has 3 heteroatoms. The van der Waals surface area contributed by atoms with Gasteiger partial charge in [0.05, 0.1) is 12.5 Å². The number of ether oxygens (including phenoxy) is 1. The summed E-state index contributed by atoms with van der Waals surface area (Å²) in [6.07, 6.45) is 8.58. The Kier molecular flexibility index (Phi) is 7.25. The van der Waals surface area contributed by atoms with E-state index in [0.717, 1.165) is 19.4 Å². The van der Waals surface area contributed by atoms with Crippen molar-refractivity contribution < 1.29 is 9.53 Å². The molecular weight excluding hydrogens is 214 g/mol. The molecule has 1 unspecified atom stereocenters. The van der Waals surface area contributed by atoms with Crippen LogP contribution in [0.15, 0.2) is 0 Å². The van der Waals surface area contributed by atoms with Crippen molar-refractivity contribution in [1.82, 2.24) is 5.32 Å². The summed E-state index contributed by atoms with van der Waals surface area (Å²) in [5.74, 6) is -0.0736. The summed E-state index contributed by atoms with van der Waals surface area (Å²) in [4.78, 5) is 11.6. The van der Waals surface area contributed by atoms with Crippen molar-refractivity contribution in [1.29, 1.82) is 0 Å². The van der Waals surface area contributed by atoms with Crippen LogP contribution in [0.25, 0.3) is 0 Å². The van der Waals surface area contributed by atoms with E-state index in [0.29, 0.717) is 12.6 Å². The number of carbonyl (C=O) groups is 1. The van der Waals surface area contributed by atoms with E-state index in [1.807, 2.05) is 6.92 Å². The van der Waals surface area contributed by atoms with E-state index >= 15 is 0 Å². The van der Waals surface area contributed by atoms with Gasteiger partial charge in [-0.25, -0.2) is 0 Å². The Morgan fingerprint density at radius 1 is 1.35 bits per heavy atom. The summed E-state index contributed by atoms with van der Waals surface area (Å²) in [7, 11) is 0. The molecule has 0 saturated heterocycles. The SMILES string of the molecule is CCCCOC(=O)C(C)CNC1CCCCC1. The van der Waals surface area contributed by atoms with Crippen LogP contribution in [0.5, 0.6) is 0 Å². The molecule has 0 aliphatic heterocycles. The van der Waals surface area contributed by atoms with Gasteiger partial charge in [-0.1, -0.05) is 39.5 Å². The summed E-state index contributed by atoms with van der Waals surface area (Å²) in [5.41, 5.74) is 0. The molecule has 3 nitrogen and oxygen atoms in total. The number of rotatable bonds is 7. The van der Waals surface area contributed by atoms with Gasteiger partial charge < -0.3 is 10.1 Å². The largest absolute Gasteiger partial charge is 0.465 e. The van der Waals surface area contributed by atoms with Crippen molar-refractivity contribution >= 4 is 5.97 Å². The molecule has 0 radical (unpaired) electrons. The lowest BCUT2D eigenvalue weighted by Gasteiger charge is -2.24. The van der Waals surface area contributed by atoms with Gasteiger partial charge in [-0.2, -0.15) is 0 Å². The number of nitrogens with one attached hydrogen (secondary N) is 1. The van der Waals surface area contributed by atoms with E-state index in [1.165, 1.54) is 32.1 Å². The zero-order valence-electron chi connectivity index (χ0n) is 11.3. The second kappa shape index (κ2) is 8.51. The third-order valence-electron chi connectivity index (χ3n) is 3.46. The van der Waals surface area contributed by atoms with Gasteiger partial charge in [-0.15, -0.1) is 0 Å². The fraction of sp³-hybridized carbons (Fsp3) is 0.929. The first-order valence-electron chi connectivity index (χ1n) is 7.14. The van der Waals surface area contributed by atoms with E-state index < -0.39 is 0 Å². The van der Waals surface area contributed by atoms with Crippen molar-refractivity contribution in [2.75, 3.05) is 13.2 Å². The van der Waals surface area contributed by atoms with Crippen molar-refractivity contribution in [2.24, 2.45) is 5.92 Å². The molecule has 0 aromatic carbocycles. The molecule has 0 amide bonds. The van der Waals surface area contributed by atoms with Gasteiger partial charge in [-0.3, -0.25) is 4.79 Å². The van der Waals surface area contributed by atoms with E-state index in [2.05, 4.69) is 12.2 Å². The van der Waals surface area contributed by atoms with Crippen LogP contribution in [0.1, 0.15) is 58.8 Å². The quantitative estimate of drug-likeness (QED) is 0.550. The van der Waals surface area contributed by atoms with Crippen molar-refractivity contribution in [2.45, 2.75) is 64.8 Å². The van der Waals surface area contributed by atoms with Gasteiger partial charge in [0.2, 0.25) is 0 Å². The van der Waals surface area contributed by atoms with E-state index in [-0.39, 0.29) is 11.9 Å². The molecule has 0 aromatic rings. The number of esters is 1. The lowest BCUT2D eigenvalue weighted by atomic mass is 9.95. The molecule has 0 aromatic heterocycles. The lowest BCUT2D eigenvalue weighted by molar-refractivity contribution is -0.147. The van der Waals surface area contributed by atoms with Crippen LogP contribution >= 0.6 is 0 Å². The Balaban J connectivity index is 2.10. The van der Waals surface area contributed by atoms with E-state index in [9.17, 15) is 4.79 Å². The molecule has 1 saturated carbocycles. The fourth-order valence-electron chi connectivity index (χ4n) is 2.19. The standard InChI is InChI=1S/C14H27NO2/c1-3-4-10-17-14(16)12(2)11-15-13-8-6-5-7-9-13/h12-13,15H,3-11H2,1-2H3. The monoisotopic (exact) mass is 241 g/mol. The molecule has 0 heterocycles. The summed E-state index contributed by atoms with van der Waals surface area (Å²) in [5, 5.41) is 3.49. The van der Waals surface area contributed by atoms with Crippen LogP contribution < -0.4 is 5.32 Å². The average molecular weight is 241 g/mol. The zero-order valence-corrected chi connectivity index (χ0v) is 11.3. The normalized spacial score (nSPS) is 18.9. The van der Waals surface area contributed by atoms with Crippen LogP contribution in [0.3, 0.4) is 0 Å². The van der Waals surface area contributed by atoms with E-state index in [4.69, 9.17) is 4.74 Å². The minimum absolute atomic E-state index is 0.0196. The highest BCUT2D eigenvalue weighted by atomic mass is 16.5. The highest BCUT2D eigenvalue weighted by Crippen LogP contribution is 2.17. The number of hydrogen-bond donors (Lipinski definition) is 1. The molecular formula is C14H27NO2. The van der Waals surface area contributed by atoms with Gasteiger partial charge in [0.15, 0.2) is 0 Å². The minimum atomic E-state index is -0.0539. The van der Waals surface area contributed by atoms with Crippen LogP contribution in [0.2, 0.25) is 0 Å². The number of hydrogen-bond acceptors (Lipinski definition) is 3. The predicted octanol–water partition coefficient (Wildman–Crippen LogP) is 2.89. The molecule has 1 aliphatic rings. The first-order chi connectivity index (χ1) is 8.24. The minimum Gasteiger partial charge on any atom is -0.465 e. The Morgan fingerprint density at radius 2 is 2.06 bits per heavy atom. The smallest absolute Gasteiger partial charge is 0.309 e. The van der Waals surface area contributed by atoms with Crippen molar-refractivity contribution in [3.8, 4) is 0 Å². The molecule has 1 N–H and O–H groups in total. The second-order valence-corrected chi connectivity index (χ2v) is 5.17. The van der Waals surface area contributed by atoms with Crippen LogP contribution in [0, 0.1) is 5.92 Å². The summed E-state index contributed by atoms with van der Waals surface area (Å²) >= 11 is 0. The van der Waals surface area contributed by atoms with Crippen molar-refractivity contribution in [3.63, 3.8) is 0 Å². The second-order valence-electron chi connectivity index (χ2n) is 5.17. The van der Waals surface area contributed by atoms with Gasteiger partial charge >= 0.3 is 5.97 Å². The first kappa shape index (κ1) is 14.5. The third kappa shape index (κ3) is 6.06. The fourth-order valence-corrected chi connectivity index (χ4v) is 2.19. The molecule has 17 heavy (non-hydrogen) atoms. The molecule has 1 rings (SSSR count). The maximum absolute atomic E-state index is 11.6. The average Bonchev–Trinajstić information content (AvgIpc) is 2.37. The van der Waals surface area contributed by atoms with Gasteiger partial charge in [0, 0.05) is 12.6 Å². The predicted molar refractivity (Wildman–Crippen MR) is 69.9 cm³/mol. The summed E-state index contributed by atoms with van der Waals surface area (Å²) < 4.78 is 5.21. The highest BCUT2D eigenvalue weighted by molar-refractivity contribution is 5.72. The Bertz CT molecular complexity index is 212. The van der Waals surface area contributed by atoms with Gasteiger partial charge in [0.1, 0.15) is 0 Å². The molecule has 0 spiro atoms. The zero-order chi connectivity index (χ0) is 12.5. The Hall–Kier alpha value is -0.570. The molecule has 100 valence electrons. The molecule has 0 bridgehead atoms. The molecule has 1 atom stereocenters. The topological polar surface area (TPSA) is 38.3 Å². The number of carbonyl (C=O) groups excluding carboxylic acids is 1. The Morgan fingerprint density at radius 3 is 2.71 bits per heavy atom. The third-order valence-corrected chi connectivity index (χ3v) is 3.46. The van der Waals surface area contributed by atoms with E-state index in [1.54, 1.807) is 0 Å². The van der Waals surface area contributed by atoms with Crippen molar-refractivity contribution in [3.05, 3.63) is 0 Å².